The van der Waals surface area contributed by atoms with Crippen molar-refractivity contribution in [3.05, 3.63) is 59.3 Å². The van der Waals surface area contributed by atoms with E-state index in [1.54, 1.807) is 0 Å². The van der Waals surface area contributed by atoms with Crippen molar-refractivity contribution < 1.29 is 0 Å². The number of hydrogen-bond acceptors (Lipinski definition) is 1. The topological polar surface area (TPSA) is 12.4 Å². The summed E-state index contributed by atoms with van der Waals surface area (Å²) in [5.74, 6) is 0. The molecule has 1 heteroatoms. The van der Waals surface area contributed by atoms with Gasteiger partial charge in [-0.15, -0.1) is 0 Å². The maximum absolute atomic E-state index is 4.37. The van der Waals surface area contributed by atoms with Crippen molar-refractivity contribution >= 4 is 6.21 Å². The van der Waals surface area contributed by atoms with Gasteiger partial charge < -0.3 is 0 Å². The molecular formula is C23H35N. The molecule has 0 aliphatic heterocycles. The second kappa shape index (κ2) is 11.0. The molecule has 0 N–H and O–H groups in total. The fourth-order valence-electron chi connectivity index (χ4n) is 2.69. The van der Waals surface area contributed by atoms with Gasteiger partial charge in [-0.2, -0.15) is 0 Å². The third-order valence-electron chi connectivity index (χ3n) is 4.48. The molecular weight excluding hydrogens is 290 g/mol. The van der Waals surface area contributed by atoms with Crippen molar-refractivity contribution in [3.63, 3.8) is 0 Å². The molecule has 0 unspecified atom stereocenters. The number of aliphatic imine (C=N–C) groups is 1. The number of nitrogens with zero attached hydrogens (tertiary/aromatic N) is 1. The molecule has 1 nitrogen and oxygen atoms in total. The van der Waals surface area contributed by atoms with E-state index in [2.05, 4.69) is 82.1 Å². The minimum Gasteiger partial charge on any atom is -0.293 e. The Balaban J connectivity index is 2.54. The molecule has 132 valence electrons. The summed E-state index contributed by atoms with van der Waals surface area (Å²) < 4.78 is 0. The molecule has 1 rings (SSSR count). The van der Waals surface area contributed by atoms with E-state index in [0.717, 1.165) is 6.54 Å². The molecule has 0 radical (unpaired) electrons. The minimum atomic E-state index is 0.321. The second-order valence-electron chi connectivity index (χ2n) is 7.36. The number of allylic oxidation sites excluding steroid dienone is 10. The molecule has 0 atom stereocenters. The lowest BCUT2D eigenvalue weighted by molar-refractivity contribution is 0.385. The Labute approximate surface area is 149 Å². The highest BCUT2D eigenvalue weighted by Gasteiger charge is 2.23. The normalized spacial score (nSPS) is 19.6. The van der Waals surface area contributed by atoms with E-state index in [9.17, 15) is 0 Å². The number of rotatable bonds is 8. The summed E-state index contributed by atoms with van der Waals surface area (Å²) in [5.41, 5.74) is 4.29. The summed E-state index contributed by atoms with van der Waals surface area (Å²) in [6.07, 6.45) is 23.5. The average molecular weight is 326 g/mol. The Morgan fingerprint density at radius 2 is 1.92 bits per heavy atom. The van der Waals surface area contributed by atoms with E-state index in [4.69, 9.17) is 0 Å². The predicted molar refractivity (Wildman–Crippen MR) is 110 cm³/mol. The van der Waals surface area contributed by atoms with E-state index in [0.29, 0.717) is 5.41 Å². The fourth-order valence-corrected chi connectivity index (χ4v) is 2.69. The summed E-state index contributed by atoms with van der Waals surface area (Å²) >= 11 is 0. The fraction of sp³-hybridized carbons (Fsp3) is 0.522. The third-order valence-corrected chi connectivity index (χ3v) is 4.48. The monoisotopic (exact) mass is 325 g/mol. The van der Waals surface area contributed by atoms with Crippen LogP contribution in [0.25, 0.3) is 0 Å². The lowest BCUT2D eigenvalue weighted by Gasteiger charge is -2.30. The van der Waals surface area contributed by atoms with Crippen molar-refractivity contribution in [2.24, 2.45) is 10.4 Å². The molecule has 1 aliphatic rings. The highest BCUT2D eigenvalue weighted by molar-refractivity contribution is 5.72. The maximum atomic E-state index is 4.37. The largest absolute Gasteiger partial charge is 0.293 e. The molecule has 0 saturated heterocycles. The quantitative estimate of drug-likeness (QED) is 0.259. The van der Waals surface area contributed by atoms with Crippen LogP contribution in [0, 0.1) is 5.41 Å². The van der Waals surface area contributed by atoms with Crippen molar-refractivity contribution in [3.8, 4) is 0 Å². The Morgan fingerprint density at radius 3 is 2.62 bits per heavy atom. The molecule has 24 heavy (non-hydrogen) atoms. The zero-order valence-electron chi connectivity index (χ0n) is 16.3. The second-order valence-corrected chi connectivity index (χ2v) is 7.36. The zero-order chi connectivity index (χ0) is 17.8. The Bertz CT molecular complexity index is 551. The molecule has 0 aromatic heterocycles. The van der Waals surface area contributed by atoms with Crippen LogP contribution < -0.4 is 0 Å². The van der Waals surface area contributed by atoms with Gasteiger partial charge in [0.15, 0.2) is 0 Å². The van der Waals surface area contributed by atoms with E-state index in [1.165, 1.54) is 48.8 Å². The highest BCUT2D eigenvalue weighted by Crippen LogP contribution is 2.37. The summed E-state index contributed by atoms with van der Waals surface area (Å²) in [5, 5.41) is 0. The molecule has 0 aromatic carbocycles. The van der Waals surface area contributed by atoms with Crippen LogP contribution in [0.2, 0.25) is 0 Å². The molecule has 0 spiro atoms. The Hall–Kier alpha value is -1.63. The lowest BCUT2D eigenvalue weighted by Crippen LogP contribution is -2.16. The first kappa shape index (κ1) is 20.4. The summed E-state index contributed by atoms with van der Waals surface area (Å²) in [4.78, 5) is 4.37. The van der Waals surface area contributed by atoms with Crippen molar-refractivity contribution in [1.82, 2.24) is 0 Å². The maximum Gasteiger partial charge on any atom is 0.0389 e. The first-order chi connectivity index (χ1) is 11.5. The SMILES string of the molecule is CCCCN=C/C=C(C)/C=C/C=C(C)/C=C/C1=CCCCC1(C)C. The van der Waals surface area contributed by atoms with Crippen LogP contribution in [0.15, 0.2) is 64.2 Å². The Morgan fingerprint density at radius 1 is 1.17 bits per heavy atom. The molecule has 0 bridgehead atoms. The van der Waals surface area contributed by atoms with Crippen molar-refractivity contribution in [2.75, 3.05) is 6.54 Å². The van der Waals surface area contributed by atoms with Crippen LogP contribution in [-0.2, 0) is 0 Å². The summed E-state index contributed by atoms with van der Waals surface area (Å²) in [6.45, 7) is 12.1. The number of unbranched alkanes of at least 4 members (excludes halogenated alkanes) is 1. The van der Waals surface area contributed by atoms with Gasteiger partial charge in [-0.05, 0) is 62.2 Å². The van der Waals surface area contributed by atoms with Gasteiger partial charge in [0.1, 0.15) is 0 Å². The minimum absolute atomic E-state index is 0.321. The lowest BCUT2D eigenvalue weighted by atomic mass is 9.75. The van der Waals surface area contributed by atoms with Gasteiger partial charge in [0.2, 0.25) is 0 Å². The van der Waals surface area contributed by atoms with Gasteiger partial charge in [0, 0.05) is 12.8 Å². The van der Waals surface area contributed by atoms with E-state index >= 15 is 0 Å². The summed E-state index contributed by atoms with van der Waals surface area (Å²) in [6, 6.07) is 0. The highest BCUT2D eigenvalue weighted by atomic mass is 14.7. The standard InChI is InChI=1S/C23H35N/c1-6-7-18-24-19-16-21(3)12-10-11-20(2)14-15-22-13-8-9-17-23(22,4)5/h10-16,19H,6-9,17-18H2,1-5H3/b12-10+,15-14+,20-11+,21-16+,24-19?. The smallest absolute Gasteiger partial charge is 0.0389 e. The molecule has 0 aromatic rings. The molecule has 0 amide bonds. The zero-order valence-corrected chi connectivity index (χ0v) is 16.3. The van der Waals surface area contributed by atoms with Gasteiger partial charge in [-0.25, -0.2) is 0 Å². The van der Waals surface area contributed by atoms with E-state index < -0.39 is 0 Å². The van der Waals surface area contributed by atoms with Crippen LogP contribution in [0.5, 0.6) is 0 Å². The van der Waals surface area contributed by atoms with Crippen LogP contribution >= 0.6 is 0 Å². The van der Waals surface area contributed by atoms with Gasteiger partial charge in [-0.1, -0.05) is 69.2 Å². The Kier molecular flexibility index (Phi) is 9.37. The van der Waals surface area contributed by atoms with Crippen molar-refractivity contribution in [2.45, 2.75) is 66.7 Å². The van der Waals surface area contributed by atoms with E-state index in [-0.39, 0.29) is 0 Å². The molecule has 0 saturated carbocycles. The first-order valence-corrected chi connectivity index (χ1v) is 9.36. The predicted octanol–water partition coefficient (Wildman–Crippen LogP) is 7.00. The molecule has 0 heterocycles. The van der Waals surface area contributed by atoms with Gasteiger partial charge in [-0.3, -0.25) is 4.99 Å². The molecule has 0 fully saturated rings. The van der Waals surface area contributed by atoms with Crippen LogP contribution in [0.3, 0.4) is 0 Å². The van der Waals surface area contributed by atoms with Crippen LogP contribution in [0.1, 0.15) is 66.7 Å². The van der Waals surface area contributed by atoms with Crippen molar-refractivity contribution in [1.29, 1.82) is 0 Å². The van der Waals surface area contributed by atoms with E-state index in [1.807, 2.05) is 6.21 Å². The summed E-state index contributed by atoms with van der Waals surface area (Å²) in [7, 11) is 0. The van der Waals surface area contributed by atoms with Gasteiger partial charge in [0.25, 0.3) is 0 Å². The average Bonchev–Trinajstić information content (AvgIpc) is 2.53. The number of hydrogen-bond donors (Lipinski definition) is 0. The first-order valence-electron chi connectivity index (χ1n) is 9.36. The van der Waals surface area contributed by atoms with Crippen LogP contribution in [-0.4, -0.2) is 12.8 Å². The van der Waals surface area contributed by atoms with Gasteiger partial charge in [0.05, 0.1) is 0 Å². The van der Waals surface area contributed by atoms with Crippen LogP contribution in [0.4, 0.5) is 0 Å². The molecule has 1 aliphatic carbocycles. The van der Waals surface area contributed by atoms with Gasteiger partial charge >= 0.3 is 0 Å². The third kappa shape index (κ3) is 8.29.